The van der Waals surface area contributed by atoms with Crippen molar-refractivity contribution in [2.75, 3.05) is 41.3 Å². The number of carboxylic acids is 2. The summed E-state index contributed by atoms with van der Waals surface area (Å²) in [4.78, 5) is 103. The molecule has 17 atom stereocenters. The first-order valence-corrected chi connectivity index (χ1v) is 44.5. The SMILES string of the molecule is Cc1cnc(-c2nnc(C[C@@]34CC[C@]5(C)[C@H](CC[C@@H]6[C@@]7(C)CC[C@H](OC(=O)CC(C)(Cc8nc(-c9nnc(C[C@@]%10%11CC[C@]%12(C)[C@H](CCC%13[C@@]%14(C)CC[C@H](OC(=O)CC(C)(C)C(=O)O)C(C)(C)[C@@H]%14CC[C@]%13%12C)C%10=C(C(C)C)C(=O)C%11)n9CCN(C)C)ccc8Cl)C(=O)O)C(C)(C)C7CC[C@]65C)C3=C(C(C)C)C(=O)C4)n2CCN(C)C)nc1. The maximum Gasteiger partial charge on any atom is 0.310 e. The van der Waals surface area contributed by atoms with Crippen LogP contribution in [0.5, 0.6) is 0 Å². The molecule has 4 aromatic heterocycles. The fourth-order valence-corrected chi connectivity index (χ4v) is 28.4. The van der Waals surface area contributed by atoms with Crippen LogP contribution in [0.4, 0.5) is 0 Å². The van der Waals surface area contributed by atoms with E-state index < -0.39 is 51.6 Å². The number of aliphatic carboxylic acids is 2. The number of likely N-dealkylation sites (N-methyl/N-ethyl adjacent to an activating group) is 2. The van der Waals surface area contributed by atoms with Gasteiger partial charge in [0.05, 0.1) is 34.4 Å². The predicted octanol–water partition coefficient (Wildman–Crippen LogP) is 17.6. The Morgan fingerprint density at radius 2 is 0.991 bits per heavy atom. The van der Waals surface area contributed by atoms with E-state index >= 15 is 4.79 Å². The molecule has 22 heteroatoms. The summed E-state index contributed by atoms with van der Waals surface area (Å²) in [6.45, 7) is 42.6. The van der Waals surface area contributed by atoms with Gasteiger partial charge in [0.15, 0.2) is 23.2 Å². The normalized spacial score (nSPS) is 35.0. The summed E-state index contributed by atoms with van der Waals surface area (Å²) >= 11 is 7.13. The molecule has 4 heterocycles. The van der Waals surface area contributed by atoms with E-state index in [1.165, 1.54) is 11.1 Å². The van der Waals surface area contributed by atoms with E-state index in [0.717, 1.165) is 131 Å². The molecule has 10 aliphatic rings. The Balaban J connectivity index is 0.674. The van der Waals surface area contributed by atoms with Crippen molar-refractivity contribution in [3.8, 4) is 23.2 Å². The van der Waals surface area contributed by atoms with Crippen LogP contribution in [0.15, 0.2) is 46.8 Å². The van der Waals surface area contributed by atoms with Gasteiger partial charge >= 0.3 is 23.9 Å². The number of hydrogen-bond acceptors (Lipinski definition) is 17. The molecule has 8 saturated carbocycles. The zero-order chi connectivity index (χ0) is 84.3. The third-order valence-corrected chi connectivity index (χ3v) is 35.0. The van der Waals surface area contributed by atoms with Crippen LogP contribution in [0.1, 0.15) is 269 Å². The van der Waals surface area contributed by atoms with E-state index in [9.17, 15) is 34.2 Å². The lowest BCUT2D eigenvalue weighted by Gasteiger charge is -2.72. The summed E-state index contributed by atoms with van der Waals surface area (Å²) in [6, 6.07) is 3.57. The Hall–Kier alpha value is -6.58. The number of nitrogens with zero attached hydrogens (tertiary/aromatic N) is 11. The van der Waals surface area contributed by atoms with Gasteiger partial charge in [-0.2, -0.15) is 0 Å². The Labute approximate surface area is 695 Å². The first-order chi connectivity index (χ1) is 54.1. The predicted molar refractivity (Wildman–Crippen MR) is 447 cm³/mol. The largest absolute Gasteiger partial charge is 0.481 e. The van der Waals surface area contributed by atoms with Crippen molar-refractivity contribution < 1.29 is 48.5 Å². The van der Waals surface area contributed by atoms with Gasteiger partial charge < -0.3 is 38.6 Å². The average Bonchev–Trinajstić information content (AvgIpc) is 1.69. The lowest BCUT2D eigenvalue weighted by molar-refractivity contribution is -0.233. The summed E-state index contributed by atoms with van der Waals surface area (Å²) in [5.41, 5.74) is 1.71. The summed E-state index contributed by atoms with van der Waals surface area (Å²) in [5, 5.41) is 41.2. The molecular formula is C94H136ClN11O10. The molecule has 14 rings (SSSR count). The highest BCUT2D eigenvalue weighted by molar-refractivity contribution is 6.31. The molecule has 21 nitrogen and oxygen atoms in total. The number of fused-ring (bicyclic) bond motifs is 14. The Bertz CT molecular complexity index is 4630. The highest BCUT2D eigenvalue weighted by atomic mass is 35.5. The zero-order valence-corrected chi connectivity index (χ0v) is 74.9. The van der Waals surface area contributed by atoms with Gasteiger partial charge in [-0.05, 0) is 267 Å². The van der Waals surface area contributed by atoms with Gasteiger partial charge in [-0.3, -0.25) is 28.8 Å². The number of ketones is 2. The standard InChI is InChI=1S/C94H136ClN11O10/c1-54(2)74-62(107)46-93(39-37-89(15)57(76(74)93)23-27-66-87(13)33-31-68(115-72(109)50-83(6,7)81(111)112)84(8,9)64(87)29-35-91(66,89)17)48-70-99-101-79(105(70)43-41-103(19)20)60-26-25-59(95)61(98-60)45-86(12,82(113)114)51-73(110)116-69-32-34-88(14)65(85(69,10)11)30-36-92(18)67(88)28-24-58-77-75(55(3)4)63(108)47-94(77,40-38-90(58,92)16)49-71-100-102-80(106(71)44-42-104(21)22)78-96-52-56(5)53-97-78/h25-26,52-55,57-58,64-69H,23-24,27-51H2,1-22H3,(H,111,112)(H,113,114)/t57-,58-,64+,65?,66?,67-,68+,69+,86?,87+,88+,89-,90-,91-,92-,93+,94+/m1/s1. The van der Waals surface area contributed by atoms with Gasteiger partial charge in [0.1, 0.15) is 29.6 Å². The summed E-state index contributed by atoms with van der Waals surface area (Å²) in [5.74, 6) is 2.59. The van der Waals surface area contributed by atoms with E-state index in [4.69, 9.17) is 56.4 Å². The van der Waals surface area contributed by atoms with Crippen molar-refractivity contribution in [2.24, 2.45) is 112 Å². The average molecular weight is 1620 g/mol. The fraction of sp³-hybridized carbons (Fsp3) is 0.755. The molecule has 10 aliphatic carbocycles. The molecule has 634 valence electrons. The minimum absolute atomic E-state index is 0.0253. The highest BCUT2D eigenvalue weighted by Crippen LogP contribution is 2.80. The van der Waals surface area contributed by atoms with Crippen molar-refractivity contribution in [1.82, 2.24) is 54.3 Å². The van der Waals surface area contributed by atoms with E-state index in [0.29, 0.717) is 98.4 Å². The first-order valence-electron chi connectivity index (χ1n) is 44.1. The van der Waals surface area contributed by atoms with Crippen LogP contribution in [0, 0.1) is 119 Å². The number of rotatable bonds is 24. The number of carbonyl (C=O) groups is 6. The number of pyridine rings is 1. The molecule has 0 aromatic carbocycles. The number of aromatic nitrogens is 9. The van der Waals surface area contributed by atoms with Crippen LogP contribution < -0.4 is 0 Å². The number of hydrogen-bond donors (Lipinski definition) is 2. The van der Waals surface area contributed by atoms with Crippen molar-refractivity contribution in [3.05, 3.63) is 74.7 Å². The third kappa shape index (κ3) is 13.8. The quantitative estimate of drug-likeness (QED) is 0.0617. The fourth-order valence-electron chi connectivity index (χ4n) is 28.2. The molecule has 8 fully saturated rings. The third-order valence-electron chi connectivity index (χ3n) is 34.7. The second-order valence-corrected chi connectivity index (χ2v) is 44.0. The molecule has 2 N–H and O–H groups in total. The molecule has 116 heavy (non-hydrogen) atoms. The van der Waals surface area contributed by atoms with Crippen LogP contribution in [0.3, 0.4) is 0 Å². The number of ether oxygens (including phenoxy) is 2. The Morgan fingerprint density at radius 1 is 0.552 bits per heavy atom. The lowest BCUT2D eigenvalue weighted by atomic mass is 9.33. The van der Waals surface area contributed by atoms with Crippen LogP contribution in [-0.4, -0.2) is 153 Å². The van der Waals surface area contributed by atoms with Gasteiger partial charge in [-0.15, -0.1) is 20.4 Å². The molecule has 4 aromatic rings. The number of aryl methyl sites for hydroxylation is 1. The van der Waals surface area contributed by atoms with Gasteiger partial charge in [0, 0.05) is 92.3 Å². The lowest BCUT2D eigenvalue weighted by Crippen LogP contribution is -2.65. The van der Waals surface area contributed by atoms with E-state index in [1.807, 2.05) is 39.5 Å². The van der Waals surface area contributed by atoms with Crippen molar-refractivity contribution >= 4 is 47.0 Å². The van der Waals surface area contributed by atoms with Crippen molar-refractivity contribution in [1.29, 1.82) is 0 Å². The van der Waals surface area contributed by atoms with Gasteiger partial charge in [0.2, 0.25) is 5.82 Å². The summed E-state index contributed by atoms with van der Waals surface area (Å²) < 4.78 is 17.4. The molecule has 0 saturated heterocycles. The van der Waals surface area contributed by atoms with Crippen LogP contribution in [0.2, 0.25) is 5.02 Å². The number of halogens is 1. The van der Waals surface area contributed by atoms with Crippen LogP contribution in [0.25, 0.3) is 23.2 Å². The minimum Gasteiger partial charge on any atom is -0.481 e. The van der Waals surface area contributed by atoms with Crippen LogP contribution >= 0.6 is 11.6 Å². The monoisotopic (exact) mass is 1610 g/mol. The molecule has 0 aliphatic heterocycles. The summed E-state index contributed by atoms with van der Waals surface area (Å²) in [7, 11) is 8.23. The Morgan fingerprint density at radius 3 is 1.42 bits per heavy atom. The zero-order valence-electron chi connectivity index (χ0n) is 74.1. The minimum atomic E-state index is -1.65. The maximum absolute atomic E-state index is 15.0. The number of allylic oxidation sites excluding steroid dienone is 4. The molecule has 0 spiro atoms. The summed E-state index contributed by atoms with van der Waals surface area (Å²) in [6.07, 6.45) is 19.2. The first kappa shape index (κ1) is 85.8. The van der Waals surface area contributed by atoms with Crippen LogP contribution in [-0.2, 0) is 70.6 Å². The smallest absolute Gasteiger partial charge is 0.310 e. The Kier molecular flexibility index (Phi) is 22.2. The van der Waals surface area contributed by atoms with E-state index in [-0.39, 0.29) is 115 Å². The van der Waals surface area contributed by atoms with E-state index in [1.54, 1.807) is 26.8 Å². The number of carboxylic acid groups (broad SMARTS) is 2. The van der Waals surface area contributed by atoms with Gasteiger partial charge in [0.25, 0.3) is 0 Å². The molecule has 0 amide bonds. The number of esters is 2. The molecule has 3 unspecified atom stereocenters. The van der Waals surface area contributed by atoms with E-state index in [2.05, 4.69) is 130 Å². The maximum atomic E-state index is 15.0. The second-order valence-electron chi connectivity index (χ2n) is 43.6. The second kappa shape index (κ2) is 29.9. The number of Topliss-reactive ketones (excluding diaryl/α,β-unsaturated/α-hetero) is 2. The van der Waals surface area contributed by atoms with Gasteiger partial charge in [-0.1, -0.05) is 120 Å². The molecular weight excluding hydrogens is 1480 g/mol. The number of carbonyl (C=O) groups excluding carboxylic acids is 4. The van der Waals surface area contributed by atoms with Crippen molar-refractivity contribution in [2.45, 2.75) is 298 Å². The van der Waals surface area contributed by atoms with Crippen molar-refractivity contribution in [3.63, 3.8) is 0 Å². The molecule has 0 bridgehead atoms. The topological polar surface area (TPSA) is 268 Å². The molecule has 0 radical (unpaired) electrons. The van der Waals surface area contributed by atoms with Gasteiger partial charge in [-0.25, -0.2) is 15.0 Å². The highest BCUT2D eigenvalue weighted by Gasteiger charge is 2.73.